The van der Waals surface area contributed by atoms with Crippen LogP contribution in [0.15, 0.2) is 48.2 Å². The zero-order valence-electron chi connectivity index (χ0n) is 16.8. The highest BCUT2D eigenvalue weighted by atomic mass is 127. The molecule has 6 nitrogen and oxygen atoms in total. The Morgan fingerprint density at radius 2 is 1.48 bits per heavy atom. The predicted molar refractivity (Wildman–Crippen MR) is 128 cm³/mol. The monoisotopic (exact) mass is 657 g/mol. The van der Waals surface area contributed by atoms with Gasteiger partial charge in [-0.05, 0) is 88.5 Å². The van der Waals surface area contributed by atoms with Crippen molar-refractivity contribution in [2.24, 2.45) is 0 Å². The number of carbonyl (C=O) groups is 3. The fourth-order valence-electron chi connectivity index (χ4n) is 2.15. The van der Waals surface area contributed by atoms with Crippen LogP contribution in [0.3, 0.4) is 0 Å². The molecule has 0 aliphatic carbocycles. The van der Waals surface area contributed by atoms with E-state index in [0.717, 1.165) is 6.07 Å². The van der Waals surface area contributed by atoms with Gasteiger partial charge in [0, 0.05) is 27.4 Å². The number of ketones is 1. The smallest absolute Gasteiger partial charge is 0.343 e. The maximum absolute atomic E-state index is 13.7. The second kappa shape index (κ2) is 12.7. The molecule has 0 atom stereocenters. The molecular formula is C21H19F2I2NO5. The molecule has 0 bridgehead atoms. The van der Waals surface area contributed by atoms with Gasteiger partial charge < -0.3 is 14.7 Å². The van der Waals surface area contributed by atoms with Crippen LogP contribution in [0.2, 0.25) is 0 Å². The zero-order chi connectivity index (χ0) is 23.7. The molecule has 0 aliphatic rings. The molecule has 0 radical (unpaired) electrons. The van der Waals surface area contributed by atoms with Crippen LogP contribution >= 0.6 is 45.2 Å². The first-order valence-electron chi connectivity index (χ1n) is 8.71. The number of aromatic carboxylic acids is 1. The number of carboxylic acid groups (broad SMARTS) is 1. The van der Waals surface area contributed by atoms with Gasteiger partial charge in [0.25, 0.3) is 0 Å². The van der Waals surface area contributed by atoms with Gasteiger partial charge in [-0.25, -0.2) is 18.4 Å². The Balaban J connectivity index is 0.000000367. The van der Waals surface area contributed by atoms with Crippen molar-refractivity contribution in [2.45, 2.75) is 6.92 Å². The Kier molecular flexibility index (Phi) is 11.0. The van der Waals surface area contributed by atoms with E-state index in [4.69, 9.17) is 9.84 Å². The van der Waals surface area contributed by atoms with Crippen LogP contribution in [-0.4, -0.2) is 48.4 Å². The van der Waals surface area contributed by atoms with Gasteiger partial charge in [-0.1, -0.05) is 0 Å². The van der Waals surface area contributed by atoms with Crippen molar-refractivity contribution in [3.63, 3.8) is 0 Å². The summed E-state index contributed by atoms with van der Waals surface area (Å²) >= 11 is 3.90. The summed E-state index contributed by atoms with van der Waals surface area (Å²) in [5.74, 6) is -4.04. The maximum atomic E-state index is 13.7. The number of nitrogens with zero attached hydrogens (tertiary/aromatic N) is 1. The van der Waals surface area contributed by atoms with Gasteiger partial charge in [-0.3, -0.25) is 4.79 Å². The van der Waals surface area contributed by atoms with Crippen molar-refractivity contribution in [2.75, 3.05) is 20.7 Å². The van der Waals surface area contributed by atoms with E-state index >= 15 is 0 Å². The maximum Gasteiger partial charge on any atom is 0.343 e. The van der Waals surface area contributed by atoms with Crippen LogP contribution in [0.1, 0.15) is 27.6 Å². The highest BCUT2D eigenvalue weighted by Gasteiger charge is 2.24. The molecule has 1 N–H and O–H groups in total. The lowest BCUT2D eigenvalue weighted by Crippen LogP contribution is -2.20. The standard InChI is InChI=1S/C14H15FINO3.C7H4FIO2/c1-4-20-14(19)11(8-17(2)3)13(18)10-7-9(16)5-6-12(10)15;8-6-2-1-4(9)3-5(6)7(10)11/h5-8H,4H2,1-3H3;1-3H,(H,10,11). The quantitative estimate of drug-likeness (QED) is 0.121. The molecule has 10 heteroatoms. The third kappa shape index (κ3) is 8.51. The van der Waals surface area contributed by atoms with E-state index in [1.54, 1.807) is 27.1 Å². The second-order valence-electron chi connectivity index (χ2n) is 6.11. The molecule has 0 saturated heterocycles. The minimum atomic E-state index is -1.24. The van der Waals surface area contributed by atoms with Crippen LogP contribution in [0, 0.1) is 18.8 Å². The van der Waals surface area contributed by atoms with Gasteiger partial charge in [-0.15, -0.1) is 0 Å². The van der Waals surface area contributed by atoms with Gasteiger partial charge in [0.2, 0.25) is 5.78 Å². The molecule has 0 aliphatic heterocycles. The van der Waals surface area contributed by atoms with Gasteiger partial charge in [0.1, 0.15) is 17.2 Å². The Hall–Kier alpha value is -2.09. The lowest BCUT2D eigenvalue weighted by atomic mass is 10.0. The molecule has 0 heterocycles. The summed E-state index contributed by atoms with van der Waals surface area (Å²) in [6.07, 6.45) is 1.33. The molecule has 0 saturated carbocycles. The lowest BCUT2D eigenvalue weighted by Gasteiger charge is -2.11. The van der Waals surface area contributed by atoms with Crippen molar-refractivity contribution in [1.29, 1.82) is 0 Å². The average Bonchev–Trinajstić information content (AvgIpc) is 2.69. The van der Waals surface area contributed by atoms with E-state index in [-0.39, 0.29) is 23.3 Å². The number of carbonyl (C=O) groups excluding carboxylic acids is 2. The van der Waals surface area contributed by atoms with Crippen molar-refractivity contribution >= 4 is 62.9 Å². The van der Waals surface area contributed by atoms with Gasteiger partial charge in [0.05, 0.1) is 17.7 Å². The Morgan fingerprint density at radius 3 is 1.90 bits per heavy atom. The van der Waals surface area contributed by atoms with Gasteiger partial charge >= 0.3 is 11.9 Å². The van der Waals surface area contributed by atoms with Crippen molar-refractivity contribution in [1.82, 2.24) is 4.90 Å². The highest BCUT2D eigenvalue weighted by molar-refractivity contribution is 14.1. The largest absolute Gasteiger partial charge is 0.478 e. The Morgan fingerprint density at radius 1 is 1.00 bits per heavy atom. The summed E-state index contributed by atoms with van der Waals surface area (Å²) in [7, 11) is 3.33. The summed E-state index contributed by atoms with van der Waals surface area (Å²) in [4.78, 5) is 36.0. The van der Waals surface area contributed by atoms with E-state index in [1.807, 2.05) is 45.2 Å². The summed E-state index contributed by atoms with van der Waals surface area (Å²) in [5.41, 5.74) is -0.618. The molecule has 2 rings (SSSR count). The summed E-state index contributed by atoms with van der Waals surface area (Å²) in [6, 6.07) is 8.10. The van der Waals surface area contributed by atoms with Crippen LogP contribution in [0.25, 0.3) is 0 Å². The Labute approximate surface area is 205 Å². The number of Topliss-reactive ketones (excluding diaryl/α,β-unsaturated/α-hetero) is 1. The fourth-order valence-corrected chi connectivity index (χ4v) is 3.13. The van der Waals surface area contributed by atoms with E-state index in [1.165, 1.54) is 35.4 Å². The molecule has 2 aromatic carbocycles. The number of rotatable bonds is 6. The molecule has 0 unspecified atom stereocenters. The van der Waals surface area contributed by atoms with Gasteiger partial charge in [-0.2, -0.15) is 0 Å². The third-order valence-corrected chi connectivity index (χ3v) is 4.80. The molecule has 2 aromatic rings. The van der Waals surface area contributed by atoms with E-state index in [0.29, 0.717) is 7.14 Å². The number of esters is 1. The fraction of sp³-hybridized carbons (Fsp3) is 0.190. The first-order chi connectivity index (χ1) is 14.5. The zero-order valence-corrected chi connectivity index (χ0v) is 21.1. The summed E-state index contributed by atoms with van der Waals surface area (Å²) in [5, 5.41) is 8.45. The van der Waals surface area contributed by atoms with Gasteiger partial charge in [0.15, 0.2) is 0 Å². The lowest BCUT2D eigenvalue weighted by molar-refractivity contribution is -0.138. The number of ether oxygens (including phenoxy) is 1. The summed E-state index contributed by atoms with van der Waals surface area (Å²) < 4.78 is 32.6. The minimum Gasteiger partial charge on any atom is -0.478 e. The van der Waals surface area contributed by atoms with E-state index < -0.39 is 29.4 Å². The number of carboxylic acids is 1. The molecule has 0 aromatic heterocycles. The number of benzene rings is 2. The van der Waals surface area contributed by atoms with Crippen LogP contribution in [0.4, 0.5) is 8.78 Å². The van der Waals surface area contributed by atoms with Crippen LogP contribution < -0.4 is 0 Å². The summed E-state index contributed by atoms with van der Waals surface area (Å²) in [6.45, 7) is 1.79. The first-order valence-corrected chi connectivity index (χ1v) is 10.9. The number of hydrogen-bond donors (Lipinski definition) is 1. The molecule has 0 amide bonds. The van der Waals surface area contributed by atoms with Crippen molar-refractivity contribution in [3.05, 3.63) is 78.1 Å². The third-order valence-electron chi connectivity index (χ3n) is 3.46. The second-order valence-corrected chi connectivity index (χ2v) is 8.60. The van der Waals surface area contributed by atoms with Crippen LogP contribution in [0.5, 0.6) is 0 Å². The molecule has 0 fully saturated rings. The number of hydrogen-bond acceptors (Lipinski definition) is 5. The van der Waals surface area contributed by atoms with E-state index in [2.05, 4.69) is 0 Å². The average molecular weight is 657 g/mol. The topological polar surface area (TPSA) is 83.9 Å². The molecule has 31 heavy (non-hydrogen) atoms. The highest BCUT2D eigenvalue weighted by Crippen LogP contribution is 2.18. The molecule has 0 spiro atoms. The molecular weight excluding hydrogens is 638 g/mol. The normalized spacial score (nSPS) is 10.6. The van der Waals surface area contributed by atoms with Crippen LogP contribution in [-0.2, 0) is 9.53 Å². The number of halogens is 4. The minimum absolute atomic E-state index is 0.141. The van der Waals surface area contributed by atoms with Crippen molar-refractivity contribution < 1.29 is 33.0 Å². The predicted octanol–water partition coefficient (Wildman–Crippen LogP) is 4.75. The van der Waals surface area contributed by atoms with Crippen molar-refractivity contribution in [3.8, 4) is 0 Å². The van der Waals surface area contributed by atoms with E-state index in [9.17, 15) is 23.2 Å². The molecule has 166 valence electrons. The first kappa shape index (κ1) is 26.9. The SMILES string of the molecule is CCOC(=O)C(=CN(C)C)C(=O)c1cc(I)ccc1F.O=C(O)c1cc(I)ccc1F. The Bertz CT molecular complexity index is 1010.